The number of aryl methyl sites for hydroxylation is 1. The number of ether oxygens (including phenoxy) is 1. The van der Waals surface area contributed by atoms with E-state index in [4.69, 9.17) is 4.74 Å². The Morgan fingerprint density at radius 3 is 2.83 bits per heavy atom. The van der Waals surface area contributed by atoms with Crippen LogP contribution in [-0.4, -0.2) is 51.4 Å². The van der Waals surface area contributed by atoms with Crippen molar-refractivity contribution in [2.24, 2.45) is 11.8 Å². The fourth-order valence-corrected chi connectivity index (χ4v) is 3.64. The number of H-pyrrole nitrogens is 1. The molecule has 1 aromatic heterocycles. The number of amides is 2. The summed E-state index contributed by atoms with van der Waals surface area (Å²) in [6.07, 6.45) is 2.92. The van der Waals surface area contributed by atoms with Gasteiger partial charge in [0.25, 0.3) is 0 Å². The van der Waals surface area contributed by atoms with Crippen molar-refractivity contribution in [2.45, 2.75) is 38.8 Å². The molecule has 3 unspecified atom stereocenters. The van der Waals surface area contributed by atoms with Crippen molar-refractivity contribution in [3.05, 3.63) is 47.8 Å². The Bertz CT molecular complexity index is 865. The number of carbonyl (C=O) groups excluding carboxylic acids is 2. The lowest BCUT2D eigenvalue weighted by atomic mass is 9.85. The molecule has 1 aromatic carbocycles. The molecular weight excluding hydrogens is 384 g/mol. The molecule has 0 radical (unpaired) electrons. The summed E-state index contributed by atoms with van der Waals surface area (Å²) in [5.74, 6) is -0.652. The van der Waals surface area contributed by atoms with Crippen LogP contribution in [0.3, 0.4) is 0 Å². The van der Waals surface area contributed by atoms with Crippen molar-refractivity contribution in [1.29, 1.82) is 5.26 Å². The number of nitrogens with one attached hydrogen (secondary N) is 2. The minimum atomic E-state index is -0.488. The largest absolute Gasteiger partial charge is 0.445 e. The van der Waals surface area contributed by atoms with Crippen LogP contribution in [-0.2, 0) is 22.6 Å². The maximum absolute atomic E-state index is 12.5. The van der Waals surface area contributed by atoms with E-state index in [0.29, 0.717) is 25.8 Å². The maximum atomic E-state index is 12.5. The predicted octanol–water partition coefficient (Wildman–Crippen LogP) is 2.04. The lowest BCUT2D eigenvalue weighted by Crippen LogP contribution is -2.56. The molecule has 2 heterocycles. The molecular formula is C21H26N6O3. The van der Waals surface area contributed by atoms with Crippen LogP contribution in [0.4, 0.5) is 4.79 Å². The van der Waals surface area contributed by atoms with Crippen LogP contribution >= 0.6 is 0 Å². The number of aromatic nitrogens is 3. The molecule has 1 aliphatic heterocycles. The first kappa shape index (κ1) is 21.3. The van der Waals surface area contributed by atoms with Crippen LogP contribution < -0.4 is 5.32 Å². The summed E-state index contributed by atoms with van der Waals surface area (Å²) in [4.78, 5) is 26.4. The molecule has 2 amide bonds. The highest BCUT2D eigenvalue weighted by atomic mass is 16.6. The minimum Gasteiger partial charge on any atom is -0.445 e. The third-order valence-electron chi connectivity index (χ3n) is 5.23. The summed E-state index contributed by atoms with van der Waals surface area (Å²) in [5, 5.41) is 22.8. The number of benzene rings is 1. The topological polar surface area (TPSA) is 124 Å². The van der Waals surface area contributed by atoms with Crippen molar-refractivity contribution >= 4 is 12.0 Å². The quantitative estimate of drug-likeness (QED) is 0.720. The standard InChI is InChI=1S/C21H26N6O3/c1-15-12-27(21(29)30-14-16-6-3-2-4-7-16)13-17(10-22)20(15)24-19(28)9-5-8-18-11-23-26-25-18/h2-4,6-7,11,15,17,20H,5,8-9,12-14H2,1H3,(H,24,28)(H,23,25,26). The van der Waals surface area contributed by atoms with Gasteiger partial charge in [-0.1, -0.05) is 42.5 Å². The van der Waals surface area contributed by atoms with E-state index in [-0.39, 0.29) is 31.0 Å². The minimum absolute atomic E-state index is 0.0628. The Balaban J connectivity index is 1.47. The van der Waals surface area contributed by atoms with Gasteiger partial charge < -0.3 is 15.0 Å². The van der Waals surface area contributed by atoms with Crippen LogP contribution in [0.5, 0.6) is 0 Å². The number of carbonyl (C=O) groups is 2. The van der Waals surface area contributed by atoms with Gasteiger partial charge in [-0.25, -0.2) is 4.79 Å². The summed E-state index contributed by atoms with van der Waals surface area (Å²) in [5.41, 5.74) is 1.72. The zero-order valence-corrected chi connectivity index (χ0v) is 17.0. The lowest BCUT2D eigenvalue weighted by Gasteiger charge is -2.39. The van der Waals surface area contributed by atoms with Gasteiger partial charge in [-0.15, -0.1) is 5.10 Å². The van der Waals surface area contributed by atoms with Gasteiger partial charge in [-0.3, -0.25) is 9.89 Å². The number of aromatic amines is 1. The third kappa shape index (κ3) is 5.80. The van der Waals surface area contributed by atoms with Gasteiger partial charge in [-0.05, 0) is 24.3 Å². The summed E-state index contributed by atoms with van der Waals surface area (Å²) in [6.45, 7) is 2.78. The molecule has 1 fully saturated rings. The van der Waals surface area contributed by atoms with Gasteiger partial charge in [0.15, 0.2) is 0 Å². The fourth-order valence-electron chi connectivity index (χ4n) is 3.64. The SMILES string of the molecule is CC1CN(C(=O)OCc2ccccc2)CC(C#N)C1NC(=O)CCCc1c[nH]nn1. The summed E-state index contributed by atoms with van der Waals surface area (Å²) in [7, 11) is 0. The van der Waals surface area contributed by atoms with Crippen LogP contribution in [0.25, 0.3) is 0 Å². The van der Waals surface area contributed by atoms with Crippen molar-refractivity contribution < 1.29 is 14.3 Å². The second-order valence-corrected chi connectivity index (χ2v) is 7.57. The molecule has 2 aromatic rings. The smallest absolute Gasteiger partial charge is 0.410 e. The van der Waals surface area contributed by atoms with Gasteiger partial charge in [0, 0.05) is 25.7 Å². The van der Waals surface area contributed by atoms with E-state index in [2.05, 4.69) is 26.8 Å². The molecule has 30 heavy (non-hydrogen) atoms. The van der Waals surface area contributed by atoms with E-state index >= 15 is 0 Å². The van der Waals surface area contributed by atoms with E-state index < -0.39 is 12.0 Å². The fraction of sp³-hybridized carbons (Fsp3) is 0.476. The summed E-state index contributed by atoms with van der Waals surface area (Å²) in [6, 6.07) is 11.4. The Morgan fingerprint density at radius 1 is 1.33 bits per heavy atom. The average Bonchev–Trinajstić information content (AvgIpc) is 3.27. The molecule has 0 bridgehead atoms. The first-order valence-corrected chi connectivity index (χ1v) is 10.1. The number of piperidine rings is 1. The zero-order chi connectivity index (χ0) is 21.3. The van der Waals surface area contributed by atoms with Gasteiger partial charge >= 0.3 is 6.09 Å². The molecule has 0 aliphatic carbocycles. The summed E-state index contributed by atoms with van der Waals surface area (Å²) >= 11 is 0. The number of likely N-dealkylation sites (tertiary alicyclic amines) is 1. The van der Waals surface area contributed by atoms with Gasteiger partial charge in [-0.2, -0.15) is 5.26 Å². The number of nitriles is 1. The average molecular weight is 410 g/mol. The molecule has 0 spiro atoms. The highest BCUT2D eigenvalue weighted by molar-refractivity contribution is 5.76. The van der Waals surface area contributed by atoms with Crippen LogP contribution in [0.2, 0.25) is 0 Å². The van der Waals surface area contributed by atoms with E-state index in [1.807, 2.05) is 37.3 Å². The number of rotatable bonds is 7. The lowest BCUT2D eigenvalue weighted by molar-refractivity contribution is -0.122. The maximum Gasteiger partial charge on any atom is 0.410 e. The first-order chi connectivity index (χ1) is 14.6. The third-order valence-corrected chi connectivity index (χ3v) is 5.23. The Kier molecular flexibility index (Phi) is 7.38. The molecule has 1 saturated heterocycles. The zero-order valence-electron chi connectivity index (χ0n) is 17.0. The summed E-state index contributed by atoms with van der Waals surface area (Å²) < 4.78 is 5.39. The molecule has 158 valence electrons. The van der Waals surface area contributed by atoms with Gasteiger partial charge in [0.05, 0.1) is 23.7 Å². The second-order valence-electron chi connectivity index (χ2n) is 7.57. The van der Waals surface area contributed by atoms with E-state index in [0.717, 1.165) is 11.3 Å². The van der Waals surface area contributed by atoms with E-state index in [1.165, 1.54) is 0 Å². The number of hydrogen-bond acceptors (Lipinski definition) is 6. The normalized spacial score (nSPS) is 20.9. The number of nitrogens with zero attached hydrogens (tertiary/aromatic N) is 4. The van der Waals surface area contributed by atoms with E-state index in [1.54, 1.807) is 11.1 Å². The Morgan fingerprint density at radius 2 is 2.13 bits per heavy atom. The first-order valence-electron chi connectivity index (χ1n) is 10.1. The highest BCUT2D eigenvalue weighted by Gasteiger charge is 2.38. The molecule has 0 saturated carbocycles. The molecule has 9 heteroatoms. The molecule has 1 aliphatic rings. The van der Waals surface area contributed by atoms with Crippen molar-refractivity contribution in [1.82, 2.24) is 25.6 Å². The molecule has 3 atom stereocenters. The van der Waals surface area contributed by atoms with Crippen LogP contribution in [0.15, 0.2) is 36.5 Å². The van der Waals surface area contributed by atoms with Crippen LogP contribution in [0, 0.1) is 23.2 Å². The molecule has 9 nitrogen and oxygen atoms in total. The Hall–Kier alpha value is -3.41. The highest BCUT2D eigenvalue weighted by Crippen LogP contribution is 2.23. The molecule has 3 rings (SSSR count). The number of hydrogen-bond donors (Lipinski definition) is 2. The van der Waals surface area contributed by atoms with Crippen molar-refractivity contribution in [3.63, 3.8) is 0 Å². The monoisotopic (exact) mass is 410 g/mol. The van der Waals surface area contributed by atoms with Gasteiger partial charge in [0.2, 0.25) is 5.91 Å². The Labute approximate surface area is 175 Å². The molecule has 2 N–H and O–H groups in total. The second kappa shape index (κ2) is 10.4. The van der Waals surface area contributed by atoms with Crippen molar-refractivity contribution in [3.8, 4) is 6.07 Å². The van der Waals surface area contributed by atoms with Crippen molar-refractivity contribution in [2.75, 3.05) is 13.1 Å². The predicted molar refractivity (Wildman–Crippen MR) is 108 cm³/mol. The van der Waals surface area contributed by atoms with Gasteiger partial charge in [0.1, 0.15) is 6.61 Å². The van der Waals surface area contributed by atoms with E-state index in [9.17, 15) is 14.9 Å². The van der Waals surface area contributed by atoms with Crippen LogP contribution in [0.1, 0.15) is 31.0 Å².